The summed E-state index contributed by atoms with van der Waals surface area (Å²) in [5, 5.41) is 19.6. The van der Waals surface area contributed by atoms with Gasteiger partial charge in [-0.2, -0.15) is 0 Å². The number of hydrogen-bond acceptors (Lipinski definition) is 4. The van der Waals surface area contributed by atoms with Gasteiger partial charge in [-0.05, 0) is 38.5 Å². The van der Waals surface area contributed by atoms with Crippen LogP contribution < -0.4 is 0 Å². The van der Waals surface area contributed by atoms with Gasteiger partial charge in [-0.15, -0.1) is 0 Å². The van der Waals surface area contributed by atoms with Crippen molar-refractivity contribution in [1.82, 2.24) is 0 Å². The Morgan fingerprint density at radius 3 is 2.35 bits per heavy atom. The lowest BCUT2D eigenvalue weighted by atomic mass is 9.78. The molecule has 0 unspecified atom stereocenters. The Morgan fingerprint density at radius 2 is 1.85 bits per heavy atom. The van der Waals surface area contributed by atoms with Crippen molar-refractivity contribution in [2.45, 2.75) is 26.7 Å². The average molecular weight is 280 g/mol. The number of carbonyl (C=O) groups excluding carboxylic acids is 1. The Labute approximate surface area is 117 Å². The van der Waals surface area contributed by atoms with Gasteiger partial charge >= 0.3 is 11.9 Å². The monoisotopic (exact) mass is 280 g/mol. The number of carboxylic acids is 1. The van der Waals surface area contributed by atoms with Gasteiger partial charge in [0.05, 0.1) is 18.6 Å². The van der Waals surface area contributed by atoms with Crippen molar-refractivity contribution in [3.8, 4) is 0 Å². The Bertz CT molecular complexity index is 477. The fourth-order valence-electron chi connectivity index (χ4n) is 3.79. The largest absolute Gasteiger partial charge is 0.512 e. The quantitative estimate of drug-likeness (QED) is 0.357. The van der Waals surface area contributed by atoms with Crippen molar-refractivity contribution in [2.75, 3.05) is 6.61 Å². The first-order chi connectivity index (χ1) is 9.51. The summed E-state index contributed by atoms with van der Waals surface area (Å²) in [5.74, 6) is -2.86. The van der Waals surface area contributed by atoms with E-state index < -0.39 is 23.8 Å². The lowest BCUT2D eigenvalue weighted by molar-refractivity contribution is -0.145. The van der Waals surface area contributed by atoms with Crippen molar-refractivity contribution in [2.24, 2.45) is 23.7 Å². The molecule has 2 N–H and O–H groups in total. The van der Waals surface area contributed by atoms with Gasteiger partial charge in [0.1, 0.15) is 5.76 Å². The molecule has 0 aliphatic heterocycles. The molecule has 2 bridgehead atoms. The summed E-state index contributed by atoms with van der Waals surface area (Å²) in [6.45, 7) is 3.80. The van der Waals surface area contributed by atoms with Crippen LogP contribution in [-0.2, 0) is 14.3 Å². The lowest BCUT2D eigenvalue weighted by Gasteiger charge is -2.26. The zero-order valence-electron chi connectivity index (χ0n) is 11.7. The van der Waals surface area contributed by atoms with E-state index in [1.165, 1.54) is 0 Å². The number of aliphatic carboxylic acids is 1. The molecule has 0 spiro atoms. The lowest BCUT2D eigenvalue weighted by Crippen LogP contribution is -2.31. The predicted molar refractivity (Wildman–Crippen MR) is 71.9 cm³/mol. The fraction of sp³-hybridized carbons (Fsp3) is 0.600. The Hall–Kier alpha value is -1.78. The van der Waals surface area contributed by atoms with Gasteiger partial charge in [0.15, 0.2) is 0 Å². The third-order valence-electron chi connectivity index (χ3n) is 4.41. The zero-order valence-corrected chi connectivity index (χ0v) is 11.7. The second-order valence-electron chi connectivity index (χ2n) is 5.29. The predicted octanol–water partition coefficient (Wildman–Crippen LogP) is 2.29. The fourth-order valence-corrected chi connectivity index (χ4v) is 3.79. The summed E-state index contributed by atoms with van der Waals surface area (Å²) in [6.07, 6.45) is 4.68. The van der Waals surface area contributed by atoms with Gasteiger partial charge in [0, 0.05) is 5.92 Å². The van der Waals surface area contributed by atoms with Crippen LogP contribution in [0.4, 0.5) is 0 Å². The summed E-state index contributed by atoms with van der Waals surface area (Å²) in [7, 11) is 0. The molecule has 0 aromatic heterocycles. The van der Waals surface area contributed by atoms with Gasteiger partial charge < -0.3 is 14.9 Å². The van der Waals surface area contributed by atoms with Crippen LogP contribution in [0.15, 0.2) is 23.5 Å². The SMILES string of the molecule is CC=C1[C@H]2CC[C@@H]1[C@@H](C(=O)O)[C@H]2/C(O)=C/C(=O)OCC. The molecule has 2 fully saturated rings. The summed E-state index contributed by atoms with van der Waals surface area (Å²) < 4.78 is 4.76. The minimum atomic E-state index is -0.912. The summed E-state index contributed by atoms with van der Waals surface area (Å²) in [6, 6.07) is 0. The highest BCUT2D eigenvalue weighted by atomic mass is 16.5. The van der Waals surface area contributed by atoms with Gasteiger partial charge in [-0.3, -0.25) is 4.79 Å². The van der Waals surface area contributed by atoms with E-state index in [0.717, 1.165) is 24.5 Å². The molecular formula is C15H20O5. The summed E-state index contributed by atoms with van der Waals surface area (Å²) in [4.78, 5) is 22.9. The molecule has 0 saturated heterocycles. The van der Waals surface area contributed by atoms with Crippen LogP contribution in [0.25, 0.3) is 0 Å². The van der Waals surface area contributed by atoms with Crippen LogP contribution in [0.2, 0.25) is 0 Å². The molecule has 0 amide bonds. The summed E-state index contributed by atoms with van der Waals surface area (Å²) in [5.41, 5.74) is 1.10. The van der Waals surface area contributed by atoms with Crippen LogP contribution in [0, 0.1) is 23.7 Å². The molecule has 2 saturated carbocycles. The van der Waals surface area contributed by atoms with Crippen molar-refractivity contribution in [3.63, 3.8) is 0 Å². The van der Waals surface area contributed by atoms with Crippen molar-refractivity contribution in [3.05, 3.63) is 23.5 Å². The molecule has 0 aromatic carbocycles. The number of hydrogen-bond donors (Lipinski definition) is 2. The van der Waals surface area contributed by atoms with E-state index in [-0.39, 0.29) is 24.2 Å². The van der Waals surface area contributed by atoms with E-state index >= 15 is 0 Å². The molecular weight excluding hydrogens is 260 g/mol. The van der Waals surface area contributed by atoms with Gasteiger partial charge in [-0.1, -0.05) is 11.6 Å². The number of allylic oxidation sites excluding steroid dienone is 3. The maximum absolute atomic E-state index is 11.5. The zero-order chi connectivity index (χ0) is 14.9. The second kappa shape index (κ2) is 5.69. The standard InChI is InChI=1S/C15H20O5/c1-3-8-9-5-6-10(8)14(15(18)19)13(9)11(16)7-12(17)20-4-2/h3,7,9-10,13-14,16H,4-6H2,1-2H3,(H,18,19)/b8-3?,11-7-/t9-,10+,13-,14-/m1/s1. The van der Waals surface area contributed by atoms with E-state index in [1.807, 2.05) is 13.0 Å². The number of aliphatic hydroxyl groups excluding tert-OH is 1. The Morgan fingerprint density at radius 1 is 1.25 bits per heavy atom. The van der Waals surface area contributed by atoms with E-state index in [9.17, 15) is 19.8 Å². The highest BCUT2D eigenvalue weighted by molar-refractivity contribution is 5.83. The molecule has 5 heteroatoms. The molecule has 2 rings (SSSR count). The molecule has 2 aliphatic rings. The van der Waals surface area contributed by atoms with Crippen molar-refractivity contribution < 1.29 is 24.5 Å². The van der Waals surface area contributed by atoms with Crippen LogP contribution in [0.5, 0.6) is 0 Å². The maximum Gasteiger partial charge on any atom is 0.334 e. The van der Waals surface area contributed by atoms with Crippen LogP contribution in [0.1, 0.15) is 26.7 Å². The number of carboxylic acid groups (broad SMARTS) is 1. The number of rotatable bonds is 4. The smallest absolute Gasteiger partial charge is 0.334 e. The van der Waals surface area contributed by atoms with Crippen molar-refractivity contribution in [1.29, 1.82) is 0 Å². The van der Waals surface area contributed by atoms with Crippen LogP contribution in [-0.4, -0.2) is 28.8 Å². The number of aliphatic hydroxyl groups is 1. The van der Waals surface area contributed by atoms with Crippen molar-refractivity contribution >= 4 is 11.9 Å². The second-order valence-corrected chi connectivity index (χ2v) is 5.29. The van der Waals surface area contributed by atoms with Gasteiger partial charge in [0.25, 0.3) is 0 Å². The molecule has 20 heavy (non-hydrogen) atoms. The molecule has 2 aliphatic carbocycles. The number of esters is 1. The maximum atomic E-state index is 11.5. The van der Waals surface area contributed by atoms with Crippen LogP contribution in [0.3, 0.4) is 0 Å². The Kier molecular flexibility index (Phi) is 4.16. The molecule has 4 atom stereocenters. The number of ether oxygens (including phenoxy) is 1. The molecule has 110 valence electrons. The Balaban J connectivity index is 2.29. The minimum absolute atomic E-state index is 0.0229. The molecule has 0 aromatic rings. The van der Waals surface area contributed by atoms with E-state index in [1.54, 1.807) is 6.92 Å². The molecule has 5 nitrogen and oxygen atoms in total. The third kappa shape index (κ3) is 2.32. The number of carbonyl (C=O) groups is 2. The topological polar surface area (TPSA) is 83.8 Å². The molecule has 0 radical (unpaired) electrons. The van der Waals surface area contributed by atoms with Crippen LogP contribution >= 0.6 is 0 Å². The first-order valence-corrected chi connectivity index (χ1v) is 6.97. The average Bonchev–Trinajstić information content (AvgIpc) is 2.92. The first kappa shape index (κ1) is 14.6. The highest BCUT2D eigenvalue weighted by Crippen LogP contribution is 2.57. The van der Waals surface area contributed by atoms with Gasteiger partial charge in [-0.25, -0.2) is 4.79 Å². The van der Waals surface area contributed by atoms with E-state index in [0.29, 0.717) is 0 Å². The van der Waals surface area contributed by atoms with Gasteiger partial charge in [0.2, 0.25) is 0 Å². The summed E-state index contributed by atoms with van der Waals surface area (Å²) >= 11 is 0. The normalized spacial score (nSPS) is 34.5. The minimum Gasteiger partial charge on any atom is -0.512 e. The highest BCUT2D eigenvalue weighted by Gasteiger charge is 2.55. The molecule has 0 heterocycles. The first-order valence-electron chi connectivity index (χ1n) is 6.97. The van der Waals surface area contributed by atoms with E-state index in [4.69, 9.17) is 4.74 Å². The van der Waals surface area contributed by atoms with E-state index in [2.05, 4.69) is 0 Å². The third-order valence-corrected chi connectivity index (χ3v) is 4.41. The number of fused-ring (bicyclic) bond motifs is 2.